The van der Waals surface area contributed by atoms with E-state index in [0.29, 0.717) is 16.7 Å². The van der Waals surface area contributed by atoms with Crippen molar-refractivity contribution in [1.82, 2.24) is 18.8 Å². The molecule has 0 bridgehead atoms. The summed E-state index contributed by atoms with van der Waals surface area (Å²) in [5.41, 5.74) is -3.51. The molecule has 0 fully saturated rings. The number of sulfonamides is 1. The highest BCUT2D eigenvalue weighted by Gasteiger charge is 2.38. The van der Waals surface area contributed by atoms with E-state index in [1.54, 1.807) is 16.9 Å². The Kier molecular flexibility index (Phi) is 6.15. The Labute approximate surface area is 222 Å². The van der Waals surface area contributed by atoms with Crippen molar-refractivity contribution >= 4 is 49.3 Å². The molecule has 0 unspecified atom stereocenters. The molecular weight excluding hydrogens is 561 g/mol. The van der Waals surface area contributed by atoms with Crippen LogP contribution in [-0.4, -0.2) is 28.4 Å². The molecule has 2 heterocycles. The summed E-state index contributed by atoms with van der Waals surface area (Å²) in [6, 6.07) is 13.8. The maximum absolute atomic E-state index is 13.5. The van der Waals surface area contributed by atoms with Crippen LogP contribution in [0, 0.1) is 0 Å². The molecule has 2 N–H and O–H groups in total. The number of nitrogens with one attached hydrogen (secondary N) is 2. The van der Waals surface area contributed by atoms with Gasteiger partial charge in [-0.1, -0.05) is 35.9 Å². The monoisotopic (exact) mass is 576 g/mol. The molecule has 200 valence electrons. The zero-order valence-electron chi connectivity index (χ0n) is 19.7. The van der Waals surface area contributed by atoms with Crippen LogP contribution >= 0.6 is 11.6 Å². The van der Waals surface area contributed by atoms with Crippen molar-refractivity contribution in [3.05, 3.63) is 104 Å². The second-order valence-electron chi connectivity index (χ2n) is 8.46. The molecule has 2 aromatic heterocycles. The van der Waals surface area contributed by atoms with Crippen molar-refractivity contribution in [3.8, 4) is 5.69 Å². The predicted octanol–water partition coefficient (Wildman–Crippen LogP) is 3.96. The number of carbonyl (C=O) groups is 1. The minimum Gasteiger partial charge on any atom is -0.338 e. The molecule has 1 amide bonds. The topological polar surface area (TPSA) is 123 Å². The lowest BCUT2D eigenvalue weighted by Gasteiger charge is -2.15. The molecule has 0 atom stereocenters. The Bertz CT molecular complexity index is 2050. The summed E-state index contributed by atoms with van der Waals surface area (Å²) in [6.07, 6.45) is -5.03. The number of fused-ring (bicyclic) bond motifs is 2. The van der Waals surface area contributed by atoms with Crippen LogP contribution in [0.25, 0.3) is 27.5 Å². The highest BCUT2D eigenvalue weighted by Crippen LogP contribution is 2.34. The van der Waals surface area contributed by atoms with Gasteiger partial charge in [0.2, 0.25) is 0 Å². The number of aromatic amines is 1. The summed E-state index contributed by atoms with van der Waals surface area (Å²) in [5.74, 6) is -1.38. The van der Waals surface area contributed by atoms with Gasteiger partial charge in [0.05, 0.1) is 32.6 Å². The molecule has 0 aliphatic heterocycles. The molecule has 0 aliphatic carbocycles. The third-order valence-corrected chi connectivity index (χ3v) is 7.71. The van der Waals surface area contributed by atoms with Gasteiger partial charge < -0.3 is 9.55 Å². The van der Waals surface area contributed by atoms with Gasteiger partial charge in [0.15, 0.2) is 0 Å². The van der Waals surface area contributed by atoms with Crippen LogP contribution in [0.4, 0.5) is 13.2 Å². The SMILES string of the molecule is Cn1c(C(=O)NS(=O)(=O)c2ccccc2C(F)(F)F)c(-n2c(=O)[nH]c3ccccc3c2=O)c2cc(Cl)ccc21. The first-order valence-corrected chi connectivity index (χ1v) is 12.9. The van der Waals surface area contributed by atoms with E-state index in [9.17, 15) is 36.0 Å². The average molecular weight is 577 g/mol. The Morgan fingerprint density at radius 2 is 1.64 bits per heavy atom. The predicted molar refractivity (Wildman–Crippen MR) is 138 cm³/mol. The minimum atomic E-state index is -5.07. The van der Waals surface area contributed by atoms with E-state index >= 15 is 0 Å². The van der Waals surface area contributed by atoms with Crippen molar-refractivity contribution in [1.29, 1.82) is 0 Å². The third kappa shape index (κ3) is 4.38. The summed E-state index contributed by atoms with van der Waals surface area (Å²) >= 11 is 6.16. The first-order chi connectivity index (χ1) is 18.3. The molecule has 9 nitrogen and oxygen atoms in total. The van der Waals surface area contributed by atoms with E-state index in [4.69, 9.17) is 11.6 Å². The summed E-state index contributed by atoms with van der Waals surface area (Å²) in [5, 5.41) is 0.415. The van der Waals surface area contributed by atoms with Crippen molar-refractivity contribution in [3.63, 3.8) is 0 Å². The highest BCUT2D eigenvalue weighted by molar-refractivity contribution is 7.90. The molecule has 0 saturated heterocycles. The van der Waals surface area contributed by atoms with Gasteiger partial charge >= 0.3 is 11.9 Å². The second-order valence-corrected chi connectivity index (χ2v) is 10.5. The number of alkyl halides is 3. The van der Waals surface area contributed by atoms with Gasteiger partial charge in [0.25, 0.3) is 21.5 Å². The van der Waals surface area contributed by atoms with Gasteiger partial charge in [-0.15, -0.1) is 0 Å². The minimum absolute atomic E-state index is 0.0919. The summed E-state index contributed by atoms with van der Waals surface area (Å²) < 4.78 is 70.1. The maximum Gasteiger partial charge on any atom is 0.417 e. The van der Waals surface area contributed by atoms with Gasteiger partial charge in [0, 0.05) is 17.5 Å². The lowest BCUT2D eigenvalue weighted by atomic mass is 10.2. The largest absolute Gasteiger partial charge is 0.417 e. The van der Waals surface area contributed by atoms with Gasteiger partial charge in [-0.25, -0.2) is 22.5 Å². The molecular formula is C25H16ClF3N4O5S. The average Bonchev–Trinajstić information content (AvgIpc) is 3.14. The zero-order valence-corrected chi connectivity index (χ0v) is 21.3. The Hall–Kier alpha value is -4.36. The van der Waals surface area contributed by atoms with Crippen LogP contribution in [0.3, 0.4) is 0 Å². The fourth-order valence-electron chi connectivity index (χ4n) is 4.41. The van der Waals surface area contributed by atoms with E-state index < -0.39 is 49.5 Å². The number of H-pyrrole nitrogens is 1. The summed E-state index contributed by atoms with van der Waals surface area (Å²) in [6.45, 7) is 0. The molecule has 0 aliphatic rings. The van der Waals surface area contributed by atoms with Crippen LogP contribution in [0.5, 0.6) is 0 Å². The molecule has 5 aromatic rings. The third-order valence-electron chi connectivity index (χ3n) is 6.09. The van der Waals surface area contributed by atoms with Crippen molar-refractivity contribution in [2.75, 3.05) is 0 Å². The first-order valence-electron chi connectivity index (χ1n) is 11.1. The standard InChI is InChI=1S/C25H16ClF3N4O5S/c1-32-18-11-10-13(26)12-15(18)20(33-23(35)14-6-2-4-8-17(14)30-24(33)36)21(32)22(34)31-39(37,38)19-9-5-3-7-16(19)25(27,28)29/h2-12H,1H3,(H,30,36)(H,31,34). The first kappa shape index (κ1) is 26.3. The second kappa shape index (κ2) is 9.13. The number of aryl methyl sites for hydroxylation is 1. The number of benzene rings is 3. The number of hydrogen-bond acceptors (Lipinski definition) is 5. The summed E-state index contributed by atoms with van der Waals surface area (Å²) in [7, 11) is -3.70. The molecule has 0 saturated carbocycles. The maximum atomic E-state index is 13.5. The number of nitrogens with zero attached hydrogens (tertiary/aromatic N) is 2. The van der Waals surface area contributed by atoms with E-state index in [0.717, 1.165) is 12.1 Å². The fourth-order valence-corrected chi connectivity index (χ4v) is 5.76. The number of amides is 1. The normalized spacial score (nSPS) is 12.2. The molecule has 0 radical (unpaired) electrons. The van der Waals surface area contributed by atoms with E-state index in [2.05, 4.69) is 4.98 Å². The van der Waals surface area contributed by atoms with E-state index in [1.807, 2.05) is 0 Å². The van der Waals surface area contributed by atoms with Crippen molar-refractivity contribution < 1.29 is 26.4 Å². The Morgan fingerprint density at radius 1 is 0.974 bits per heavy atom. The molecule has 39 heavy (non-hydrogen) atoms. The van der Waals surface area contributed by atoms with Crippen LogP contribution in [0.15, 0.2) is 81.2 Å². The lowest BCUT2D eigenvalue weighted by molar-refractivity contribution is -0.139. The van der Waals surface area contributed by atoms with Gasteiger partial charge in [0.1, 0.15) is 5.69 Å². The number of hydrogen-bond donors (Lipinski definition) is 2. The van der Waals surface area contributed by atoms with Crippen LogP contribution in [-0.2, 0) is 23.2 Å². The van der Waals surface area contributed by atoms with Crippen LogP contribution < -0.4 is 16.0 Å². The number of carbonyl (C=O) groups excluding carboxylic acids is 1. The van der Waals surface area contributed by atoms with Gasteiger partial charge in [-0.2, -0.15) is 13.2 Å². The molecule has 5 rings (SSSR count). The molecule has 3 aromatic carbocycles. The van der Waals surface area contributed by atoms with Crippen molar-refractivity contribution in [2.24, 2.45) is 7.05 Å². The zero-order chi connectivity index (χ0) is 28.3. The fraction of sp³-hybridized carbons (Fsp3) is 0.0800. The van der Waals surface area contributed by atoms with Crippen LogP contribution in [0.2, 0.25) is 5.02 Å². The quantitative estimate of drug-likeness (QED) is 0.335. The highest BCUT2D eigenvalue weighted by atomic mass is 35.5. The van der Waals surface area contributed by atoms with E-state index in [1.165, 1.54) is 41.9 Å². The number of halogens is 4. The molecule has 0 spiro atoms. The van der Waals surface area contributed by atoms with Gasteiger partial charge in [-0.3, -0.25) is 9.59 Å². The Balaban J connectivity index is 1.77. The van der Waals surface area contributed by atoms with Crippen molar-refractivity contribution in [2.45, 2.75) is 11.1 Å². The van der Waals surface area contributed by atoms with E-state index in [-0.39, 0.29) is 32.5 Å². The lowest BCUT2D eigenvalue weighted by Crippen LogP contribution is -2.37. The summed E-state index contributed by atoms with van der Waals surface area (Å²) in [4.78, 5) is 41.4. The number of rotatable bonds is 4. The smallest absolute Gasteiger partial charge is 0.338 e. The number of aromatic nitrogens is 3. The number of para-hydroxylation sites is 1. The van der Waals surface area contributed by atoms with Gasteiger partial charge in [-0.05, 0) is 42.5 Å². The Morgan fingerprint density at radius 3 is 2.36 bits per heavy atom. The molecule has 14 heteroatoms. The van der Waals surface area contributed by atoms with Crippen LogP contribution in [0.1, 0.15) is 16.1 Å².